The number of terminal acetylenes is 1. The van der Waals surface area contributed by atoms with Crippen molar-refractivity contribution in [2.75, 3.05) is 6.61 Å². The third kappa shape index (κ3) is 1.93. The summed E-state index contributed by atoms with van der Waals surface area (Å²) in [6.45, 7) is 0.734. The maximum atomic E-state index is 5.88. The maximum Gasteiger partial charge on any atom is 0.123 e. The molecule has 1 aromatic carbocycles. The summed E-state index contributed by atoms with van der Waals surface area (Å²) in [4.78, 5) is 0. The monoisotopic (exact) mass is 238 g/mol. The van der Waals surface area contributed by atoms with Gasteiger partial charge in [0, 0.05) is 11.5 Å². The van der Waals surface area contributed by atoms with Crippen molar-refractivity contribution in [1.82, 2.24) is 0 Å². The van der Waals surface area contributed by atoms with Crippen molar-refractivity contribution in [3.63, 3.8) is 0 Å². The minimum Gasteiger partial charge on any atom is -0.493 e. The van der Waals surface area contributed by atoms with E-state index in [1.165, 1.54) is 36.8 Å². The van der Waals surface area contributed by atoms with Gasteiger partial charge in [0.2, 0.25) is 0 Å². The lowest BCUT2D eigenvalue weighted by molar-refractivity contribution is 0.228. The van der Waals surface area contributed by atoms with Crippen LogP contribution in [0.4, 0.5) is 0 Å². The molecule has 0 bridgehead atoms. The summed E-state index contributed by atoms with van der Waals surface area (Å²) < 4.78 is 5.88. The molecule has 0 unspecified atom stereocenters. The molecule has 92 valence electrons. The van der Waals surface area contributed by atoms with Crippen LogP contribution in [0.1, 0.15) is 37.2 Å². The van der Waals surface area contributed by atoms with Gasteiger partial charge in [-0.25, -0.2) is 0 Å². The van der Waals surface area contributed by atoms with Crippen LogP contribution in [-0.4, -0.2) is 6.61 Å². The topological polar surface area (TPSA) is 9.23 Å². The fraction of sp³-hybridized carbons (Fsp3) is 0.412. The Morgan fingerprint density at radius 2 is 2.11 bits per heavy atom. The lowest BCUT2D eigenvalue weighted by Crippen LogP contribution is -2.27. The van der Waals surface area contributed by atoms with E-state index >= 15 is 0 Å². The molecule has 2 aliphatic rings. The van der Waals surface area contributed by atoms with Gasteiger partial charge in [-0.1, -0.05) is 35.8 Å². The molecular weight excluding hydrogens is 220 g/mol. The standard InChI is InChI=1S/C17H18O/c1-2-14-15-10-6-7-11-17(15)18-12-16(14)13-8-4-3-5-9-13/h1,6-8,10-11,14,16H,3-5,9,12H2/t14-,16-/m1/s1. The highest BCUT2D eigenvalue weighted by molar-refractivity contribution is 5.44. The highest BCUT2D eigenvalue weighted by Crippen LogP contribution is 2.41. The number of para-hydroxylation sites is 1. The van der Waals surface area contributed by atoms with Crippen molar-refractivity contribution in [2.45, 2.75) is 31.6 Å². The Balaban J connectivity index is 1.95. The molecule has 1 aromatic rings. The molecule has 1 aliphatic carbocycles. The van der Waals surface area contributed by atoms with Gasteiger partial charge in [0.1, 0.15) is 5.75 Å². The van der Waals surface area contributed by atoms with Crippen LogP contribution in [0, 0.1) is 18.3 Å². The van der Waals surface area contributed by atoms with Gasteiger partial charge in [-0.2, -0.15) is 0 Å². The van der Waals surface area contributed by atoms with Gasteiger partial charge < -0.3 is 4.74 Å². The fourth-order valence-electron chi connectivity index (χ4n) is 3.09. The van der Waals surface area contributed by atoms with Crippen molar-refractivity contribution in [1.29, 1.82) is 0 Å². The number of hydrogen-bond donors (Lipinski definition) is 0. The third-order valence-corrected chi connectivity index (χ3v) is 4.06. The second kappa shape index (κ2) is 4.90. The van der Waals surface area contributed by atoms with E-state index in [1.54, 1.807) is 0 Å². The molecule has 0 amide bonds. The molecule has 3 rings (SSSR count). The van der Waals surface area contributed by atoms with E-state index in [0.717, 1.165) is 12.4 Å². The summed E-state index contributed by atoms with van der Waals surface area (Å²) in [5.74, 6) is 4.51. The van der Waals surface area contributed by atoms with Crippen LogP contribution in [0.2, 0.25) is 0 Å². The van der Waals surface area contributed by atoms with Crippen molar-refractivity contribution in [3.8, 4) is 18.1 Å². The Bertz CT molecular complexity index is 507. The second-order valence-electron chi connectivity index (χ2n) is 5.12. The van der Waals surface area contributed by atoms with Crippen LogP contribution in [0.15, 0.2) is 35.9 Å². The third-order valence-electron chi connectivity index (χ3n) is 4.06. The largest absolute Gasteiger partial charge is 0.493 e. The van der Waals surface area contributed by atoms with Crippen LogP contribution in [0.25, 0.3) is 0 Å². The molecule has 0 radical (unpaired) electrons. The number of benzene rings is 1. The Hall–Kier alpha value is -1.68. The van der Waals surface area contributed by atoms with Gasteiger partial charge in [-0.3, -0.25) is 0 Å². The average molecular weight is 238 g/mol. The van der Waals surface area contributed by atoms with Gasteiger partial charge in [-0.15, -0.1) is 6.42 Å². The number of fused-ring (bicyclic) bond motifs is 1. The van der Waals surface area contributed by atoms with Crippen molar-refractivity contribution in [2.24, 2.45) is 5.92 Å². The molecular formula is C17H18O. The minimum atomic E-state index is 0.180. The predicted molar refractivity (Wildman–Crippen MR) is 73.6 cm³/mol. The Morgan fingerprint density at radius 3 is 2.89 bits per heavy atom. The van der Waals surface area contributed by atoms with E-state index < -0.39 is 0 Å². The molecule has 1 nitrogen and oxygen atoms in total. The quantitative estimate of drug-likeness (QED) is 0.532. The number of hydrogen-bond acceptors (Lipinski definition) is 1. The first-order chi connectivity index (χ1) is 8.90. The lowest BCUT2D eigenvalue weighted by atomic mass is 9.77. The van der Waals surface area contributed by atoms with E-state index in [0.29, 0.717) is 5.92 Å². The minimum absolute atomic E-state index is 0.180. The van der Waals surface area contributed by atoms with Crippen LogP contribution in [-0.2, 0) is 0 Å². The van der Waals surface area contributed by atoms with Crippen LogP contribution >= 0.6 is 0 Å². The van der Waals surface area contributed by atoms with E-state index in [1.807, 2.05) is 18.2 Å². The van der Waals surface area contributed by atoms with Crippen molar-refractivity contribution in [3.05, 3.63) is 41.5 Å². The first-order valence-corrected chi connectivity index (χ1v) is 6.77. The van der Waals surface area contributed by atoms with Gasteiger partial charge in [0.15, 0.2) is 0 Å². The molecule has 0 spiro atoms. The zero-order valence-electron chi connectivity index (χ0n) is 10.6. The van der Waals surface area contributed by atoms with Gasteiger partial charge in [0.25, 0.3) is 0 Å². The number of allylic oxidation sites excluding steroid dienone is 1. The number of rotatable bonds is 1. The summed E-state index contributed by atoms with van der Waals surface area (Å²) in [5.41, 5.74) is 2.70. The molecule has 2 atom stereocenters. The highest BCUT2D eigenvalue weighted by Gasteiger charge is 2.32. The Morgan fingerprint density at radius 1 is 1.22 bits per heavy atom. The average Bonchev–Trinajstić information content (AvgIpc) is 2.47. The smallest absolute Gasteiger partial charge is 0.123 e. The van der Waals surface area contributed by atoms with Crippen molar-refractivity contribution < 1.29 is 4.74 Å². The Kier molecular flexibility index (Phi) is 3.11. The fourth-order valence-corrected chi connectivity index (χ4v) is 3.09. The maximum absolute atomic E-state index is 5.88. The van der Waals surface area contributed by atoms with Gasteiger partial charge in [-0.05, 0) is 31.7 Å². The summed E-state index contributed by atoms with van der Waals surface area (Å²) in [6, 6.07) is 8.18. The molecule has 1 heterocycles. The predicted octanol–water partition coefficient (Wildman–Crippen LogP) is 3.91. The molecule has 0 aromatic heterocycles. The van der Waals surface area contributed by atoms with Crippen LogP contribution < -0.4 is 4.74 Å². The zero-order valence-corrected chi connectivity index (χ0v) is 10.6. The summed E-state index contributed by atoms with van der Waals surface area (Å²) >= 11 is 0. The van der Waals surface area contributed by atoms with E-state index in [2.05, 4.69) is 18.1 Å². The van der Waals surface area contributed by atoms with Gasteiger partial charge >= 0.3 is 0 Å². The number of ether oxygens (including phenoxy) is 1. The summed E-state index contributed by atoms with van der Waals surface area (Å²) in [7, 11) is 0. The second-order valence-corrected chi connectivity index (χ2v) is 5.12. The molecule has 0 saturated heterocycles. The first kappa shape index (κ1) is 11.4. The summed E-state index contributed by atoms with van der Waals surface area (Å²) in [5, 5.41) is 0. The molecule has 0 saturated carbocycles. The van der Waals surface area contributed by atoms with Crippen molar-refractivity contribution >= 4 is 0 Å². The van der Waals surface area contributed by atoms with E-state index in [-0.39, 0.29) is 5.92 Å². The summed E-state index contributed by atoms with van der Waals surface area (Å²) in [6.07, 6.45) is 13.2. The first-order valence-electron chi connectivity index (χ1n) is 6.77. The molecule has 1 aliphatic heterocycles. The molecule has 18 heavy (non-hydrogen) atoms. The molecule has 0 N–H and O–H groups in total. The van der Waals surface area contributed by atoms with Crippen LogP contribution in [0.5, 0.6) is 5.75 Å². The molecule has 1 heteroatoms. The van der Waals surface area contributed by atoms with E-state index in [9.17, 15) is 0 Å². The SMILES string of the molecule is C#C[C@@H]1c2ccccc2OC[C@@H]1C1=CCCCC1. The zero-order chi connectivity index (χ0) is 12.4. The van der Waals surface area contributed by atoms with Gasteiger partial charge in [0.05, 0.1) is 12.5 Å². The lowest BCUT2D eigenvalue weighted by Gasteiger charge is -2.33. The van der Waals surface area contributed by atoms with E-state index in [4.69, 9.17) is 11.2 Å². The highest BCUT2D eigenvalue weighted by atomic mass is 16.5. The normalized spacial score (nSPS) is 26.5. The molecule has 0 fully saturated rings. The Labute approximate surface area is 109 Å². The van der Waals surface area contributed by atoms with Crippen LogP contribution in [0.3, 0.4) is 0 Å².